The van der Waals surface area contributed by atoms with Crippen molar-refractivity contribution in [3.05, 3.63) is 225 Å². The smallest absolute Gasteiger partial charge is 0.182 e. The van der Waals surface area contributed by atoms with Crippen molar-refractivity contribution in [2.24, 2.45) is 0 Å². The van der Waals surface area contributed by atoms with Gasteiger partial charge in [0.05, 0.1) is 17.2 Å². The van der Waals surface area contributed by atoms with Gasteiger partial charge < -0.3 is 8.98 Å². The number of fused-ring (bicyclic) bond motifs is 8. The predicted molar refractivity (Wildman–Crippen MR) is 269 cm³/mol. The van der Waals surface area contributed by atoms with Gasteiger partial charge in [-0.3, -0.25) is 0 Å². The molecule has 0 amide bonds. The lowest BCUT2D eigenvalue weighted by atomic mass is 10.0. The zero-order chi connectivity index (χ0) is 43.6. The molecule has 13 aromatic rings. The number of benzene rings is 9. The van der Waals surface area contributed by atoms with Crippen molar-refractivity contribution in [3.63, 3.8) is 0 Å². The van der Waals surface area contributed by atoms with Crippen LogP contribution in [0.5, 0.6) is 0 Å². The first kappa shape index (κ1) is 37.5. The van der Waals surface area contributed by atoms with E-state index in [1.807, 2.05) is 30.3 Å². The zero-order valence-corrected chi connectivity index (χ0v) is 35.5. The number of pyridine rings is 1. The van der Waals surface area contributed by atoms with E-state index in [0.717, 1.165) is 60.9 Å². The minimum Gasteiger partial charge on any atom is -0.454 e. The minimum atomic E-state index is 0.480. The predicted octanol–water partition coefficient (Wildman–Crippen LogP) is 15.4. The molecule has 0 atom stereocenters. The summed E-state index contributed by atoms with van der Waals surface area (Å²) in [6.07, 6.45) is 1.76. The largest absolute Gasteiger partial charge is 0.454 e. The summed E-state index contributed by atoms with van der Waals surface area (Å²) in [4.78, 5) is 20.3. The average Bonchev–Trinajstić information content (AvgIpc) is 3.94. The van der Waals surface area contributed by atoms with E-state index < -0.39 is 0 Å². The van der Waals surface area contributed by atoms with Crippen molar-refractivity contribution in [3.8, 4) is 73.4 Å². The van der Waals surface area contributed by atoms with Gasteiger partial charge in [-0.15, -0.1) is 0 Å². The van der Waals surface area contributed by atoms with Crippen molar-refractivity contribution < 1.29 is 4.42 Å². The van der Waals surface area contributed by atoms with Crippen LogP contribution in [-0.4, -0.2) is 24.5 Å². The molecule has 0 radical (unpaired) electrons. The van der Waals surface area contributed by atoms with Gasteiger partial charge in [0.1, 0.15) is 11.3 Å². The van der Waals surface area contributed by atoms with Crippen LogP contribution in [0, 0.1) is 0 Å². The molecular formula is C60H37N5O. The molecule has 13 rings (SSSR count). The second-order valence-electron chi connectivity index (χ2n) is 16.7. The fourth-order valence-corrected chi connectivity index (χ4v) is 9.49. The van der Waals surface area contributed by atoms with Gasteiger partial charge in [-0.1, -0.05) is 176 Å². The molecule has 4 heterocycles. The molecule has 0 spiro atoms. The van der Waals surface area contributed by atoms with Gasteiger partial charge in [-0.05, 0) is 81.2 Å². The summed E-state index contributed by atoms with van der Waals surface area (Å²) >= 11 is 0. The number of hydrogen-bond acceptors (Lipinski definition) is 5. The molecule has 0 bridgehead atoms. The fourth-order valence-electron chi connectivity index (χ4n) is 9.49. The van der Waals surface area contributed by atoms with Gasteiger partial charge in [0.25, 0.3) is 0 Å². The van der Waals surface area contributed by atoms with Gasteiger partial charge in [0.2, 0.25) is 0 Å². The van der Waals surface area contributed by atoms with Crippen molar-refractivity contribution >= 4 is 54.5 Å². The van der Waals surface area contributed by atoms with Gasteiger partial charge in [-0.25, -0.2) is 19.9 Å². The highest BCUT2D eigenvalue weighted by Gasteiger charge is 2.19. The van der Waals surface area contributed by atoms with Crippen LogP contribution in [-0.2, 0) is 0 Å². The van der Waals surface area contributed by atoms with Crippen LogP contribution in [0.25, 0.3) is 128 Å². The Bertz CT molecular complexity index is 4000. The van der Waals surface area contributed by atoms with Gasteiger partial charge in [0, 0.05) is 43.7 Å². The Morgan fingerprint density at radius 3 is 1.64 bits per heavy atom. The fraction of sp³-hybridized carbons (Fsp3) is 0. The lowest BCUT2D eigenvalue weighted by Gasteiger charge is -2.13. The summed E-state index contributed by atoms with van der Waals surface area (Å²) in [6.45, 7) is 0. The van der Waals surface area contributed by atoms with E-state index in [-0.39, 0.29) is 0 Å². The van der Waals surface area contributed by atoms with Gasteiger partial charge in [-0.2, -0.15) is 0 Å². The van der Waals surface area contributed by atoms with E-state index >= 15 is 0 Å². The molecule has 4 aromatic heterocycles. The Morgan fingerprint density at radius 1 is 0.333 bits per heavy atom. The number of hydrogen-bond donors (Lipinski definition) is 0. The van der Waals surface area contributed by atoms with Crippen molar-refractivity contribution in [2.45, 2.75) is 0 Å². The van der Waals surface area contributed by atoms with E-state index in [1.54, 1.807) is 6.20 Å². The molecule has 0 aliphatic heterocycles. The Balaban J connectivity index is 0.964. The Hall–Kier alpha value is -9.00. The number of rotatable bonds is 7. The summed E-state index contributed by atoms with van der Waals surface area (Å²) < 4.78 is 8.58. The molecule has 6 nitrogen and oxygen atoms in total. The highest BCUT2D eigenvalue weighted by molar-refractivity contribution is 6.19. The monoisotopic (exact) mass is 843 g/mol. The Morgan fingerprint density at radius 2 is 0.894 bits per heavy atom. The number of nitrogens with zero attached hydrogens (tertiary/aromatic N) is 5. The third-order valence-electron chi connectivity index (χ3n) is 12.7. The highest BCUT2D eigenvalue weighted by Crippen LogP contribution is 2.40. The van der Waals surface area contributed by atoms with E-state index in [0.29, 0.717) is 28.8 Å². The second kappa shape index (κ2) is 15.4. The Labute approximate surface area is 379 Å². The summed E-state index contributed by atoms with van der Waals surface area (Å²) in [5.74, 6) is 1.60. The van der Waals surface area contributed by atoms with E-state index in [1.165, 1.54) is 38.2 Å². The van der Waals surface area contributed by atoms with Gasteiger partial charge >= 0.3 is 0 Å². The standard InChI is InChI=1S/C60H37N5O/c1-3-14-38(15-4-1)41-19-11-22-45(32-41)58-62-59(64-60(63-58)53-36-52-50-26-9-10-27-55(50)66-56(52)37-61-53)46-23-12-20-42(33-46)43-21-13-24-47(34-43)65-54-35-44(39-16-5-2-6-17-39)29-30-49(54)51-31-28-40-18-7-8-25-48(40)57(51)65/h1-37H. The maximum atomic E-state index is 6.14. The molecule has 6 heteroatoms. The van der Waals surface area contributed by atoms with E-state index in [4.69, 9.17) is 24.4 Å². The first-order valence-electron chi connectivity index (χ1n) is 22.1. The molecule has 0 fully saturated rings. The van der Waals surface area contributed by atoms with Crippen LogP contribution in [0.2, 0.25) is 0 Å². The number of aromatic nitrogens is 5. The molecule has 0 N–H and O–H groups in total. The maximum absolute atomic E-state index is 6.14. The molecule has 0 aliphatic carbocycles. The van der Waals surface area contributed by atoms with Crippen LogP contribution in [0.3, 0.4) is 0 Å². The lowest BCUT2D eigenvalue weighted by Crippen LogP contribution is -2.01. The van der Waals surface area contributed by atoms with Crippen LogP contribution < -0.4 is 0 Å². The quantitative estimate of drug-likeness (QED) is 0.160. The second-order valence-corrected chi connectivity index (χ2v) is 16.7. The molecule has 9 aromatic carbocycles. The SMILES string of the molecule is c1ccc(-c2cccc(-c3nc(-c4cccc(-c5cccc(-n6c7cc(-c8ccccc8)ccc7c7ccc8ccccc8c76)c5)c4)nc(-c4cc5c(cn4)oc4ccccc45)n3)c2)cc1. The lowest BCUT2D eigenvalue weighted by molar-refractivity contribution is 0.667. The first-order valence-corrected chi connectivity index (χ1v) is 22.1. The highest BCUT2D eigenvalue weighted by atomic mass is 16.3. The zero-order valence-electron chi connectivity index (χ0n) is 35.5. The third kappa shape index (κ3) is 6.42. The summed E-state index contributed by atoms with van der Waals surface area (Å²) in [5.41, 5.74) is 14.0. The topological polar surface area (TPSA) is 69.6 Å². The summed E-state index contributed by atoms with van der Waals surface area (Å²) in [6, 6.07) is 76.8. The minimum absolute atomic E-state index is 0.480. The van der Waals surface area contributed by atoms with Gasteiger partial charge in [0.15, 0.2) is 23.1 Å². The van der Waals surface area contributed by atoms with Crippen molar-refractivity contribution in [2.75, 3.05) is 0 Å². The molecule has 0 saturated carbocycles. The molecule has 0 aliphatic rings. The maximum Gasteiger partial charge on any atom is 0.182 e. The Kier molecular flexibility index (Phi) is 8.74. The normalized spacial score (nSPS) is 11.6. The van der Waals surface area contributed by atoms with E-state index in [2.05, 4.69) is 193 Å². The van der Waals surface area contributed by atoms with Crippen molar-refractivity contribution in [1.82, 2.24) is 24.5 Å². The number of furan rings is 1. The molecule has 308 valence electrons. The molecular weight excluding hydrogens is 807 g/mol. The number of para-hydroxylation sites is 1. The van der Waals surface area contributed by atoms with Crippen molar-refractivity contribution in [1.29, 1.82) is 0 Å². The van der Waals surface area contributed by atoms with Crippen LogP contribution in [0.4, 0.5) is 0 Å². The summed E-state index contributed by atoms with van der Waals surface area (Å²) in [5, 5.41) is 6.83. The third-order valence-corrected chi connectivity index (χ3v) is 12.7. The van der Waals surface area contributed by atoms with Crippen LogP contribution in [0.15, 0.2) is 229 Å². The van der Waals surface area contributed by atoms with Crippen LogP contribution in [0.1, 0.15) is 0 Å². The average molecular weight is 844 g/mol. The molecule has 0 saturated heterocycles. The van der Waals surface area contributed by atoms with Crippen LogP contribution >= 0.6 is 0 Å². The summed E-state index contributed by atoms with van der Waals surface area (Å²) in [7, 11) is 0. The first-order chi connectivity index (χ1) is 32.7. The molecule has 0 unspecified atom stereocenters. The van der Waals surface area contributed by atoms with E-state index in [9.17, 15) is 0 Å². The molecule has 66 heavy (non-hydrogen) atoms.